The lowest BCUT2D eigenvalue weighted by Gasteiger charge is -2.18. The van der Waals surface area contributed by atoms with Gasteiger partial charge in [0, 0.05) is 37.3 Å². The fraction of sp³-hybridized carbons (Fsp3) is 0.381. The number of aromatic nitrogens is 3. The molecular formula is C21H24N4O. The Hall–Kier alpha value is -2.69. The molecule has 0 N–H and O–H groups in total. The summed E-state index contributed by atoms with van der Waals surface area (Å²) in [5.41, 5.74) is 4.90. The molecule has 2 aromatic heterocycles. The van der Waals surface area contributed by atoms with Crippen LogP contribution in [0.1, 0.15) is 46.6 Å². The van der Waals surface area contributed by atoms with Gasteiger partial charge in [0.05, 0.1) is 0 Å². The van der Waals surface area contributed by atoms with Gasteiger partial charge in [-0.15, -0.1) is 0 Å². The predicted octanol–water partition coefficient (Wildman–Crippen LogP) is 3.70. The van der Waals surface area contributed by atoms with Crippen molar-refractivity contribution >= 4 is 17.1 Å². The molecule has 1 atom stereocenters. The number of pyridine rings is 1. The number of hydrogen-bond donors (Lipinski definition) is 0. The van der Waals surface area contributed by atoms with Gasteiger partial charge in [-0.25, -0.2) is 9.97 Å². The third-order valence-corrected chi connectivity index (χ3v) is 5.30. The molecule has 0 saturated carbocycles. The molecule has 5 heteroatoms. The third-order valence-electron chi connectivity index (χ3n) is 5.30. The number of aryl methyl sites for hydroxylation is 3. The molecule has 1 saturated heterocycles. The summed E-state index contributed by atoms with van der Waals surface area (Å²) in [4.78, 5) is 24.2. The highest BCUT2D eigenvalue weighted by Crippen LogP contribution is 2.30. The van der Waals surface area contributed by atoms with Crippen LogP contribution in [0.5, 0.6) is 0 Å². The van der Waals surface area contributed by atoms with Crippen LogP contribution in [0, 0.1) is 13.8 Å². The van der Waals surface area contributed by atoms with Gasteiger partial charge in [-0.3, -0.25) is 4.79 Å². The van der Waals surface area contributed by atoms with Gasteiger partial charge in [0.2, 0.25) is 0 Å². The van der Waals surface area contributed by atoms with Crippen LogP contribution < -0.4 is 0 Å². The first kappa shape index (κ1) is 16.8. The van der Waals surface area contributed by atoms with E-state index in [0.717, 1.165) is 54.2 Å². The number of likely N-dealkylation sites (tertiary alicyclic amines) is 1. The number of amides is 1. The van der Waals surface area contributed by atoms with Gasteiger partial charge >= 0.3 is 0 Å². The van der Waals surface area contributed by atoms with Crippen LogP contribution in [0.15, 0.2) is 36.5 Å². The fourth-order valence-corrected chi connectivity index (χ4v) is 3.98. The molecule has 1 amide bonds. The summed E-state index contributed by atoms with van der Waals surface area (Å²) < 4.78 is 2.19. The van der Waals surface area contributed by atoms with Crippen molar-refractivity contribution in [1.82, 2.24) is 19.4 Å². The zero-order valence-corrected chi connectivity index (χ0v) is 15.6. The van der Waals surface area contributed by atoms with Crippen LogP contribution in [0.2, 0.25) is 0 Å². The van der Waals surface area contributed by atoms with Crippen molar-refractivity contribution in [3.05, 3.63) is 59.0 Å². The van der Waals surface area contributed by atoms with E-state index < -0.39 is 0 Å². The standard InChI is InChI=1S/C21H24N4O/c1-4-25-19(23-18-6-5-10-22-20(18)25)16-9-11-24(13-16)21(26)17-8-7-14(2)12-15(17)3/h5-8,10,12,16H,4,9,11,13H2,1-3H3. The van der Waals surface area contributed by atoms with Crippen molar-refractivity contribution in [3.63, 3.8) is 0 Å². The number of hydrogen-bond acceptors (Lipinski definition) is 3. The summed E-state index contributed by atoms with van der Waals surface area (Å²) in [5.74, 6) is 1.44. The summed E-state index contributed by atoms with van der Waals surface area (Å²) in [6.45, 7) is 8.51. The van der Waals surface area contributed by atoms with Crippen molar-refractivity contribution in [2.24, 2.45) is 0 Å². The highest BCUT2D eigenvalue weighted by Gasteiger charge is 2.31. The molecule has 5 nitrogen and oxygen atoms in total. The topological polar surface area (TPSA) is 51.0 Å². The van der Waals surface area contributed by atoms with E-state index in [-0.39, 0.29) is 11.8 Å². The zero-order valence-electron chi connectivity index (χ0n) is 15.6. The molecule has 26 heavy (non-hydrogen) atoms. The number of fused-ring (bicyclic) bond motifs is 1. The molecule has 1 aliphatic rings. The summed E-state index contributed by atoms with van der Waals surface area (Å²) >= 11 is 0. The summed E-state index contributed by atoms with van der Waals surface area (Å²) in [5, 5.41) is 0. The largest absolute Gasteiger partial charge is 0.338 e. The number of rotatable bonds is 3. The van der Waals surface area contributed by atoms with Crippen molar-refractivity contribution in [1.29, 1.82) is 0 Å². The Balaban J connectivity index is 1.60. The van der Waals surface area contributed by atoms with Gasteiger partial charge in [0.25, 0.3) is 5.91 Å². The van der Waals surface area contributed by atoms with Crippen LogP contribution >= 0.6 is 0 Å². The van der Waals surface area contributed by atoms with E-state index in [0.29, 0.717) is 0 Å². The lowest BCUT2D eigenvalue weighted by atomic mass is 10.0. The number of imidazole rings is 1. The van der Waals surface area contributed by atoms with E-state index in [9.17, 15) is 4.79 Å². The lowest BCUT2D eigenvalue weighted by molar-refractivity contribution is 0.0789. The van der Waals surface area contributed by atoms with Crippen LogP contribution in [0.25, 0.3) is 11.2 Å². The minimum atomic E-state index is 0.127. The molecule has 134 valence electrons. The monoisotopic (exact) mass is 348 g/mol. The molecule has 0 spiro atoms. The number of benzene rings is 1. The van der Waals surface area contributed by atoms with Gasteiger partial charge in [-0.1, -0.05) is 17.7 Å². The Morgan fingerprint density at radius 3 is 2.88 bits per heavy atom. The first-order chi connectivity index (χ1) is 12.6. The average molecular weight is 348 g/mol. The van der Waals surface area contributed by atoms with Crippen molar-refractivity contribution < 1.29 is 4.79 Å². The highest BCUT2D eigenvalue weighted by molar-refractivity contribution is 5.96. The van der Waals surface area contributed by atoms with Crippen LogP contribution in [0.3, 0.4) is 0 Å². The minimum absolute atomic E-state index is 0.127. The Morgan fingerprint density at radius 1 is 1.27 bits per heavy atom. The van der Waals surface area contributed by atoms with E-state index >= 15 is 0 Å². The van der Waals surface area contributed by atoms with E-state index in [2.05, 4.69) is 29.5 Å². The number of nitrogens with zero attached hydrogens (tertiary/aromatic N) is 4. The predicted molar refractivity (Wildman–Crippen MR) is 102 cm³/mol. The van der Waals surface area contributed by atoms with Crippen LogP contribution in [-0.4, -0.2) is 38.4 Å². The Kier molecular flexibility index (Phi) is 4.23. The molecule has 1 fully saturated rings. The second kappa shape index (κ2) is 6.56. The molecule has 4 rings (SSSR count). The average Bonchev–Trinajstić information content (AvgIpc) is 3.25. The van der Waals surface area contributed by atoms with E-state index in [1.165, 1.54) is 5.56 Å². The Labute approximate surface area is 153 Å². The Bertz CT molecular complexity index is 975. The molecule has 0 bridgehead atoms. The smallest absolute Gasteiger partial charge is 0.254 e. The van der Waals surface area contributed by atoms with Crippen molar-refractivity contribution in [2.75, 3.05) is 13.1 Å². The number of carbonyl (C=O) groups is 1. The normalized spacial score (nSPS) is 17.2. The molecule has 3 heterocycles. The van der Waals surface area contributed by atoms with Gasteiger partial charge in [-0.2, -0.15) is 0 Å². The van der Waals surface area contributed by atoms with Gasteiger partial charge in [-0.05, 0) is 51.0 Å². The first-order valence-corrected chi connectivity index (χ1v) is 9.26. The molecular weight excluding hydrogens is 324 g/mol. The second-order valence-corrected chi connectivity index (χ2v) is 7.12. The van der Waals surface area contributed by atoms with Crippen molar-refractivity contribution in [2.45, 2.75) is 39.7 Å². The zero-order chi connectivity index (χ0) is 18.3. The first-order valence-electron chi connectivity index (χ1n) is 9.26. The maximum Gasteiger partial charge on any atom is 0.254 e. The second-order valence-electron chi connectivity index (χ2n) is 7.12. The maximum atomic E-state index is 13.0. The van der Waals surface area contributed by atoms with E-state index in [1.807, 2.05) is 42.3 Å². The highest BCUT2D eigenvalue weighted by atomic mass is 16.2. The molecule has 0 radical (unpaired) electrons. The quantitative estimate of drug-likeness (QED) is 0.725. The van der Waals surface area contributed by atoms with E-state index in [1.54, 1.807) is 0 Å². The maximum absolute atomic E-state index is 13.0. The van der Waals surface area contributed by atoms with Gasteiger partial charge in [0.15, 0.2) is 5.65 Å². The summed E-state index contributed by atoms with van der Waals surface area (Å²) in [6.07, 6.45) is 2.75. The molecule has 1 aliphatic heterocycles. The number of carbonyl (C=O) groups excluding carboxylic acids is 1. The molecule has 0 aliphatic carbocycles. The summed E-state index contributed by atoms with van der Waals surface area (Å²) in [7, 11) is 0. The van der Waals surface area contributed by atoms with Crippen LogP contribution in [-0.2, 0) is 6.54 Å². The van der Waals surface area contributed by atoms with Gasteiger partial charge in [0.1, 0.15) is 11.3 Å². The molecule has 3 aromatic rings. The molecule has 1 aromatic carbocycles. The SMILES string of the molecule is CCn1c(C2CCN(C(=O)c3ccc(C)cc3C)C2)nc2cccnc21. The van der Waals surface area contributed by atoms with Crippen LogP contribution in [0.4, 0.5) is 0 Å². The minimum Gasteiger partial charge on any atom is -0.338 e. The Morgan fingerprint density at radius 2 is 2.12 bits per heavy atom. The lowest BCUT2D eigenvalue weighted by Crippen LogP contribution is -2.29. The third kappa shape index (κ3) is 2.77. The fourth-order valence-electron chi connectivity index (χ4n) is 3.98. The van der Waals surface area contributed by atoms with E-state index in [4.69, 9.17) is 4.98 Å². The molecule has 1 unspecified atom stereocenters. The van der Waals surface area contributed by atoms with Gasteiger partial charge < -0.3 is 9.47 Å². The summed E-state index contributed by atoms with van der Waals surface area (Å²) in [6, 6.07) is 9.96. The van der Waals surface area contributed by atoms with Crippen molar-refractivity contribution in [3.8, 4) is 0 Å².